The lowest BCUT2D eigenvalue weighted by Gasteiger charge is -2.26. The highest BCUT2D eigenvalue weighted by molar-refractivity contribution is 5.87. The molecule has 0 saturated carbocycles. The Kier molecular flexibility index (Phi) is 7.23. The number of nitrogens with two attached hydrogens (primary N) is 1. The molecule has 0 fully saturated rings. The van der Waals surface area contributed by atoms with Crippen molar-refractivity contribution in [3.05, 3.63) is 36.4 Å². The molecule has 0 saturated heterocycles. The summed E-state index contributed by atoms with van der Waals surface area (Å²) in [5.74, 6) is -3.14. The molecule has 2 aromatic heterocycles. The van der Waals surface area contributed by atoms with Crippen molar-refractivity contribution < 1.29 is 24.6 Å². The monoisotopic (exact) mass is 393 g/mol. The van der Waals surface area contributed by atoms with Gasteiger partial charge in [0.05, 0.1) is 18.7 Å². The van der Waals surface area contributed by atoms with Crippen LogP contribution in [0.2, 0.25) is 0 Å². The van der Waals surface area contributed by atoms with Gasteiger partial charge < -0.3 is 31.2 Å². The average molecular weight is 393 g/mol. The van der Waals surface area contributed by atoms with Gasteiger partial charge >= 0.3 is 11.9 Å². The minimum Gasteiger partial charge on any atom is -0.480 e. The van der Waals surface area contributed by atoms with Gasteiger partial charge in [0, 0.05) is 42.7 Å². The molecule has 0 aliphatic heterocycles. The van der Waals surface area contributed by atoms with Crippen LogP contribution < -0.4 is 16.4 Å². The number of hydrogen-bond acceptors (Lipinski definition) is 7. The van der Waals surface area contributed by atoms with Gasteiger partial charge in [-0.2, -0.15) is 0 Å². The fraction of sp³-hybridized carbons (Fsp3) is 0.438. The first-order valence-corrected chi connectivity index (χ1v) is 8.50. The summed E-state index contributed by atoms with van der Waals surface area (Å²) in [6, 6.07) is -4.32. The zero-order valence-corrected chi connectivity index (χ0v) is 15.1. The van der Waals surface area contributed by atoms with E-state index in [2.05, 4.69) is 30.6 Å². The minimum atomic E-state index is -1.37. The van der Waals surface area contributed by atoms with Gasteiger partial charge in [0.25, 0.3) is 0 Å². The fourth-order valence-corrected chi connectivity index (χ4v) is 2.63. The van der Waals surface area contributed by atoms with Gasteiger partial charge in [-0.3, -0.25) is 14.9 Å². The Morgan fingerprint density at radius 3 is 2.11 bits per heavy atom. The van der Waals surface area contributed by atoms with Crippen LogP contribution in [-0.4, -0.2) is 72.2 Å². The van der Waals surface area contributed by atoms with Crippen molar-refractivity contribution in [2.75, 3.05) is 0 Å². The largest absolute Gasteiger partial charge is 0.480 e. The Morgan fingerprint density at radius 1 is 1.07 bits per heavy atom. The number of aromatic amines is 2. The molecule has 152 valence electrons. The van der Waals surface area contributed by atoms with E-state index in [9.17, 15) is 24.6 Å². The lowest BCUT2D eigenvalue weighted by atomic mass is 10.1. The normalized spacial score (nSPS) is 15.4. The molecule has 2 aromatic rings. The van der Waals surface area contributed by atoms with Gasteiger partial charge in [0.15, 0.2) is 0 Å². The van der Waals surface area contributed by atoms with Gasteiger partial charge in [0.2, 0.25) is 5.91 Å². The highest BCUT2D eigenvalue weighted by Crippen LogP contribution is 2.04. The Morgan fingerprint density at radius 2 is 1.64 bits per heavy atom. The average Bonchev–Trinajstić information content (AvgIpc) is 3.32. The molecule has 8 N–H and O–H groups in total. The lowest BCUT2D eigenvalue weighted by Crippen LogP contribution is -2.59. The van der Waals surface area contributed by atoms with E-state index in [0.717, 1.165) is 0 Å². The zero-order valence-electron chi connectivity index (χ0n) is 15.1. The Bertz CT molecular complexity index is 777. The third-order valence-electron chi connectivity index (χ3n) is 4.14. The Hall–Kier alpha value is -3.25. The molecular formula is C16H23N7O5. The third-order valence-corrected chi connectivity index (χ3v) is 4.14. The first-order valence-electron chi connectivity index (χ1n) is 8.50. The number of hydrogen-bond donors (Lipinski definition) is 7. The fourth-order valence-electron chi connectivity index (χ4n) is 2.63. The second kappa shape index (κ2) is 9.62. The van der Waals surface area contributed by atoms with Gasteiger partial charge in [-0.25, -0.2) is 14.8 Å². The maximum Gasteiger partial charge on any atom is 0.327 e. The molecule has 2 rings (SSSR count). The highest BCUT2D eigenvalue weighted by atomic mass is 16.4. The first kappa shape index (κ1) is 21.1. The maximum atomic E-state index is 12.3. The summed E-state index contributed by atoms with van der Waals surface area (Å²) in [5.41, 5.74) is 7.02. The van der Waals surface area contributed by atoms with Gasteiger partial charge in [-0.1, -0.05) is 0 Å². The second-order valence-electron chi connectivity index (χ2n) is 6.34. The quantitative estimate of drug-likeness (QED) is 0.231. The second-order valence-corrected chi connectivity index (χ2v) is 6.34. The van der Waals surface area contributed by atoms with Gasteiger partial charge in [-0.05, 0) is 6.92 Å². The Balaban J connectivity index is 1.99. The van der Waals surface area contributed by atoms with Crippen molar-refractivity contribution in [1.82, 2.24) is 30.6 Å². The molecule has 0 bridgehead atoms. The number of nitrogens with zero attached hydrogens (tertiary/aromatic N) is 2. The number of carbonyl (C=O) groups is 3. The highest BCUT2D eigenvalue weighted by Gasteiger charge is 2.31. The van der Waals surface area contributed by atoms with E-state index in [0.29, 0.717) is 11.4 Å². The van der Waals surface area contributed by atoms with Crippen molar-refractivity contribution in [3.8, 4) is 0 Å². The van der Waals surface area contributed by atoms with Crippen molar-refractivity contribution in [2.24, 2.45) is 5.73 Å². The van der Waals surface area contributed by atoms with Crippen LogP contribution in [0.5, 0.6) is 0 Å². The molecular weight excluding hydrogens is 370 g/mol. The number of aromatic nitrogens is 4. The van der Waals surface area contributed by atoms with Crippen molar-refractivity contribution in [3.63, 3.8) is 0 Å². The third kappa shape index (κ3) is 5.89. The first-order chi connectivity index (χ1) is 13.3. The number of H-pyrrole nitrogens is 2. The maximum absolute atomic E-state index is 12.3. The summed E-state index contributed by atoms with van der Waals surface area (Å²) in [7, 11) is 0. The van der Waals surface area contributed by atoms with E-state index in [1.807, 2.05) is 0 Å². The number of aliphatic carboxylic acids is 2. The van der Waals surface area contributed by atoms with Crippen LogP contribution in [0.1, 0.15) is 18.3 Å². The number of carbonyl (C=O) groups excluding carboxylic acids is 1. The van der Waals surface area contributed by atoms with Crippen molar-refractivity contribution in [2.45, 2.75) is 43.9 Å². The molecule has 0 spiro atoms. The van der Waals surface area contributed by atoms with Crippen molar-refractivity contribution in [1.29, 1.82) is 0 Å². The van der Waals surface area contributed by atoms with E-state index < -0.39 is 42.0 Å². The Labute approximate surface area is 160 Å². The van der Waals surface area contributed by atoms with E-state index in [1.165, 1.54) is 32.0 Å². The molecule has 3 unspecified atom stereocenters. The van der Waals surface area contributed by atoms with Crippen LogP contribution in [0.3, 0.4) is 0 Å². The standard InChI is InChI=1S/C16H23N7O5/c1-8(22-12(15(25)26)3-10-5-19-7-21-10)13(16(27)28)23-14(24)11(17)2-9-4-18-6-20-9/h4-8,11-13,22H,2-3,17H2,1H3,(H,18,20)(H,19,21)(H,23,24)(H,25,26)(H,27,28)/t8?,11-,12?,13?/m0/s1. The van der Waals surface area contributed by atoms with E-state index in [1.54, 1.807) is 0 Å². The molecule has 28 heavy (non-hydrogen) atoms. The molecule has 0 aromatic carbocycles. The predicted molar refractivity (Wildman–Crippen MR) is 96.1 cm³/mol. The molecule has 12 nitrogen and oxygen atoms in total. The van der Waals surface area contributed by atoms with Crippen LogP contribution in [0, 0.1) is 0 Å². The summed E-state index contributed by atoms with van der Waals surface area (Å²) in [5, 5.41) is 23.9. The lowest BCUT2D eigenvalue weighted by molar-refractivity contribution is -0.144. The number of imidazole rings is 2. The van der Waals surface area contributed by atoms with Gasteiger partial charge in [-0.15, -0.1) is 0 Å². The molecule has 2 heterocycles. The molecule has 12 heteroatoms. The summed E-state index contributed by atoms with van der Waals surface area (Å²) in [6.07, 6.45) is 6.07. The minimum absolute atomic E-state index is 0.0687. The van der Waals surface area contributed by atoms with Crippen LogP contribution in [0.25, 0.3) is 0 Å². The zero-order chi connectivity index (χ0) is 20.7. The van der Waals surface area contributed by atoms with Crippen LogP contribution in [0.4, 0.5) is 0 Å². The number of rotatable bonds is 11. The number of carboxylic acids is 2. The van der Waals surface area contributed by atoms with Gasteiger partial charge in [0.1, 0.15) is 12.1 Å². The van der Waals surface area contributed by atoms with E-state index in [4.69, 9.17) is 5.73 Å². The smallest absolute Gasteiger partial charge is 0.327 e. The molecule has 1 amide bonds. The topological polar surface area (TPSA) is 199 Å². The number of nitrogens with one attached hydrogen (secondary N) is 4. The van der Waals surface area contributed by atoms with E-state index in [-0.39, 0.29) is 12.8 Å². The van der Waals surface area contributed by atoms with Crippen molar-refractivity contribution >= 4 is 17.8 Å². The summed E-state index contributed by atoms with van der Waals surface area (Å²) in [6.45, 7) is 1.47. The molecule has 4 atom stereocenters. The van der Waals surface area contributed by atoms with E-state index >= 15 is 0 Å². The summed E-state index contributed by atoms with van der Waals surface area (Å²) >= 11 is 0. The predicted octanol–water partition coefficient (Wildman–Crippen LogP) is -1.75. The van der Waals surface area contributed by atoms with Crippen LogP contribution in [-0.2, 0) is 27.2 Å². The molecule has 0 aliphatic rings. The van der Waals surface area contributed by atoms with Crippen LogP contribution in [0.15, 0.2) is 25.0 Å². The number of carboxylic acid groups (broad SMARTS) is 2. The number of amides is 1. The summed E-state index contributed by atoms with van der Waals surface area (Å²) in [4.78, 5) is 48.6. The SMILES string of the molecule is CC(NC(Cc1cnc[nH]1)C(=O)O)C(NC(=O)[C@@H](N)Cc1cnc[nH]1)C(=O)O. The van der Waals surface area contributed by atoms with Crippen LogP contribution >= 0.6 is 0 Å². The molecule has 0 radical (unpaired) electrons. The molecule has 0 aliphatic carbocycles. The summed E-state index contributed by atoms with van der Waals surface area (Å²) < 4.78 is 0.